The number of fused-ring (bicyclic) bond motifs is 1. The summed E-state index contributed by atoms with van der Waals surface area (Å²) in [6.45, 7) is 2.08. The number of nitrogen functional groups attached to an aromatic ring is 2. The molecule has 2 atom stereocenters. The number of β-lactam (4-membered cyclic amide) rings is 1. The number of hydrogen-bond acceptors (Lipinski definition) is 11. The van der Waals surface area contributed by atoms with Crippen LogP contribution in [0.3, 0.4) is 0 Å². The summed E-state index contributed by atoms with van der Waals surface area (Å²) >= 11 is 1.32. The molecular weight excluding hydrogens is 476 g/mol. The summed E-state index contributed by atoms with van der Waals surface area (Å²) in [6.07, 6.45) is 4.76. The van der Waals surface area contributed by atoms with E-state index in [4.69, 9.17) is 16.3 Å². The van der Waals surface area contributed by atoms with Crippen LogP contribution in [0, 0.1) is 0 Å². The van der Waals surface area contributed by atoms with Gasteiger partial charge in [0, 0.05) is 23.6 Å². The van der Waals surface area contributed by atoms with Crippen molar-refractivity contribution in [1.29, 1.82) is 0 Å². The summed E-state index contributed by atoms with van der Waals surface area (Å²) in [5.74, 6) is -2.47. The Balaban J connectivity index is 1.54. The predicted octanol–water partition coefficient (Wildman–Crippen LogP) is -2.23. The predicted molar refractivity (Wildman–Crippen MR) is 123 cm³/mol. The van der Waals surface area contributed by atoms with Crippen molar-refractivity contribution in [2.24, 2.45) is 5.16 Å². The number of carboxylic acids is 1. The molecule has 0 radical (unpaired) electrons. The molecule has 1 fully saturated rings. The first-order valence-electron chi connectivity index (χ1n) is 10.5. The fourth-order valence-electron chi connectivity index (χ4n) is 3.66. The number of pyridine rings is 1. The van der Waals surface area contributed by atoms with Crippen LogP contribution in [-0.2, 0) is 25.8 Å². The molecule has 1 unspecified atom stereocenters. The zero-order valence-corrected chi connectivity index (χ0v) is 19.4. The molecule has 4 heterocycles. The molecule has 0 bridgehead atoms. The van der Waals surface area contributed by atoms with E-state index in [1.807, 2.05) is 0 Å². The number of oxime groups is 1. The molecule has 0 saturated carbocycles. The van der Waals surface area contributed by atoms with Crippen molar-refractivity contribution >= 4 is 46.8 Å². The number of carbonyl (C=O) groups is 3. The maximum Gasteiger partial charge on any atom is 0.278 e. The Hall–Kier alpha value is -4.20. The van der Waals surface area contributed by atoms with Gasteiger partial charge in [0.05, 0.1) is 17.4 Å². The number of carboxylic acid groups (broad SMARTS) is 1. The Morgan fingerprint density at radius 1 is 1.40 bits per heavy atom. The van der Waals surface area contributed by atoms with E-state index in [1.54, 1.807) is 36.0 Å². The lowest BCUT2D eigenvalue weighted by Crippen LogP contribution is -2.71. The van der Waals surface area contributed by atoms with Crippen molar-refractivity contribution in [1.82, 2.24) is 20.2 Å². The van der Waals surface area contributed by atoms with Crippen LogP contribution >= 0.6 is 11.8 Å². The van der Waals surface area contributed by atoms with Gasteiger partial charge < -0.3 is 31.5 Å². The monoisotopic (exact) mass is 498 g/mol. The van der Waals surface area contributed by atoms with Gasteiger partial charge in [0.15, 0.2) is 24.8 Å². The summed E-state index contributed by atoms with van der Waals surface area (Å²) in [7, 11) is 0. The first kappa shape index (κ1) is 23.9. The van der Waals surface area contributed by atoms with E-state index in [0.29, 0.717) is 17.0 Å². The summed E-state index contributed by atoms with van der Waals surface area (Å²) in [5.41, 5.74) is 12.0. The van der Waals surface area contributed by atoms with E-state index in [0.717, 1.165) is 4.90 Å². The molecule has 2 aromatic heterocycles. The molecule has 0 aromatic carbocycles. The maximum atomic E-state index is 13.0. The Morgan fingerprint density at radius 3 is 2.89 bits per heavy atom. The normalized spacial score (nSPS) is 19.6. The molecule has 0 aliphatic carbocycles. The van der Waals surface area contributed by atoms with Crippen LogP contribution in [0.25, 0.3) is 0 Å². The number of rotatable bonds is 8. The molecule has 182 valence electrons. The van der Waals surface area contributed by atoms with Gasteiger partial charge in [-0.1, -0.05) is 5.16 Å². The Labute approximate surface area is 203 Å². The highest BCUT2D eigenvalue weighted by molar-refractivity contribution is 8.00. The number of amides is 2. The average molecular weight is 499 g/mol. The van der Waals surface area contributed by atoms with E-state index in [9.17, 15) is 19.5 Å². The van der Waals surface area contributed by atoms with Crippen molar-refractivity contribution < 1.29 is 28.9 Å². The summed E-state index contributed by atoms with van der Waals surface area (Å²) in [6, 6.07) is 3.90. The van der Waals surface area contributed by atoms with Gasteiger partial charge in [-0.3, -0.25) is 14.5 Å². The molecule has 35 heavy (non-hydrogen) atoms. The molecule has 13 nitrogen and oxygen atoms in total. The van der Waals surface area contributed by atoms with Crippen molar-refractivity contribution in [2.75, 3.05) is 23.8 Å². The average Bonchev–Trinajstić information content (AvgIpc) is 2.82. The van der Waals surface area contributed by atoms with Gasteiger partial charge in [0.1, 0.15) is 23.8 Å². The van der Waals surface area contributed by atoms with Crippen molar-refractivity contribution in [3.63, 3.8) is 0 Å². The molecule has 1 saturated heterocycles. The summed E-state index contributed by atoms with van der Waals surface area (Å²) in [5, 5.41) is 17.7. The Bertz CT molecular complexity index is 1250. The number of carbonyl (C=O) groups excluding carboxylic acids is 3. The lowest BCUT2D eigenvalue weighted by molar-refractivity contribution is -0.688. The van der Waals surface area contributed by atoms with E-state index < -0.39 is 29.2 Å². The second-order valence-electron chi connectivity index (χ2n) is 7.57. The van der Waals surface area contributed by atoms with Gasteiger partial charge in [-0.25, -0.2) is 9.97 Å². The van der Waals surface area contributed by atoms with Crippen molar-refractivity contribution in [3.8, 4) is 0 Å². The number of aliphatic carboxylic acids is 1. The third-order valence-corrected chi connectivity index (χ3v) is 6.51. The van der Waals surface area contributed by atoms with Crippen LogP contribution in [0.15, 0.2) is 53.2 Å². The standard InChI is InChI=1S/C21H22N8O5S/c1-2-34-27-14(17-24-6-5-13(23)25-17)18(30)26-15-19(31)29-16(21(32)33)11(10-35-20(15)29)8-28-7-3-4-12(22)9-28/h3-7,9,15,20H,2,8,10,22H2,1H3,(H3-,23,24,25,26,30,32,33)/t15?,20-/m0/s1. The summed E-state index contributed by atoms with van der Waals surface area (Å²) in [4.78, 5) is 52.0. The van der Waals surface area contributed by atoms with Crippen molar-refractivity contribution in [3.05, 3.63) is 53.9 Å². The van der Waals surface area contributed by atoms with Crippen LogP contribution in [0.1, 0.15) is 12.7 Å². The molecule has 14 heteroatoms. The second-order valence-corrected chi connectivity index (χ2v) is 8.68. The molecule has 2 aromatic rings. The third-order valence-electron chi connectivity index (χ3n) is 5.17. The van der Waals surface area contributed by atoms with Gasteiger partial charge >= 0.3 is 0 Å². The van der Waals surface area contributed by atoms with Gasteiger partial charge in [-0.15, -0.1) is 11.8 Å². The second kappa shape index (κ2) is 9.97. The maximum absolute atomic E-state index is 13.0. The fourth-order valence-corrected chi connectivity index (χ4v) is 5.00. The largest absolute Gasteiger partial charge is 0.543 e. The minimum absolute atomic E-state index is 0.0763. The molecule has 2 aliphatic heterocycles. The summed E-state index contributed by atoms with van der Waals surface area (Å²) < 4.78 is 1.72. The van der Waals surface area contributed by atoms with Crippen LogP contribution < -0.4 is 26.5 Å². The lowest BCUT2D eigenvalue weighted by Gasteiger charge is -2.50. The van der Waals surface area contributed by atoms with E-state index in [1.165, 1.54) is 24.0 Å². The number of thioether (sulfide) groups is 1. The highest BCUT2D eigenvalue weighted by Crippen LogP contribution is 2.40. The van der Waals surface area contributed by atoms with Crippen molar-refractivity contribution in [2.45, 2.75) is 24.9 Å². The zero-order valence-electron chi connectivity index (χ0n) is 18.6. The highest BCUT2D eigenvalue weighted by Gasteiger charge is 2.53. The van der Waals surface area contributed by atoms with Gasteiger partial charge in [-0.05, 0) is 19.1 Å². The van der Waals surface area contributed by atoms with Crippen LogP contribution in [0.5, 0.6) is 0 Å². The molecule has 4 rings (SSSR count). The molecule has 0 spiro atoms. The lowest BCUT2D eigenvalue weighted by atomic mass is 10.0. The SMILES string of the molecule is CCON=C(C(=O)NC1C(=O)N2C(C(=O)[O-])=C(C[n+]3cccc(N)c3)CS[C@@H]12)c1nccc(N)n1. The van der Waals surface area contributed by atoms with E-state index in [-0.39, 0.29) is 36.2 Å². The molecule has 5 N–H and O–H groups in total. The van der Waals surface area contributed by atoms with Gasteiger partial charge in [-0.2, -0.15) is 4.57 Å². The third kappa shape index (κ3) is 4.87. The van der Waals surface area contributed by atoms with Crippen LogP contribution in [0.2, 0.25) is 0 Å². The smallest absolute Gasteiger partial charge is 0.278 e. The Morgan fingerprint density at radius 2 is 2.20 bits per heavy atom. The zero-order chi connectivity index (χ0) is 25.1. The molecular formula is C21H22N8O5S. The quantitative estimate of drug-likeness (QED) is 0.155. The highest BCUT2D eigenvalue weighted by atomic mass is 32.2. The topological polar surface area (TPSA) is 193 Å². The van der Waals surface area contributed by atoms with E-state index >= 15 is 0 Å². The number of nitrogens with zero attached hydrogens (tertiary/aromatic N) is 5. The number of nitrogens with two attached hydrogens (primary N) is 2. The van der Waals surface area contributed by atoms with Gasteiger partial charge in [0.25, 0.3) is 11.8 Å². The number of hydrogen-bond donors (Lipinski definition) is 3. The van der Waals surface area contributed by atoms with Crippen LogP contribution in [0.4, 0.5) is 11.5 Å². The molecule has 2 amide bonds. The number of anilines is 2. The first-order valence-corrected chi connectivity index (χ1v) is 11.6. The number of nitrogens with one attached hydrogen (secondary N) is 1. The Kier molecular flexibility index (Phi) is 6.82. The van der Waals surface area contributed by atoms with E-state index in [2.05, 4.69) is 20.4 Å². The minimum Gasteiger partial charge on any atom is -0.543 e. The number of aromatic nitrogens is 3. The minimum atomic E-state index is -1.47. The fraction of sp³-hybridized carbons (Fsp3) is 0.286. The van der Waals surface area contributed by atoms with Crippen LogP contribution in [-0.4, -0.2) is 62.1 Å². The molecule has 2 aliphatic rings. The van der Waals surface area contributed by atoms with Gasteiger partial charge in [0.2, 0.25) is 5.71 Å². The first-order chi connectivity index (χ1) is 16.8.